The maximum Gasteiger partial charge on any atom is 0.287 e. The van der Waals surface area contributed by atoms with Gasteiger partial charge >= 0.3 is 0 Å². The number of hydrogen-bond acceptors (Lipinski definition) is 5. The van der Waals surface area contributed by atoms with Gasteiger partial charge in [-0.1, -0.05) is 0 Å². The third-order valence-electron chi connectivity index (χ3n) is 2.40. The van der Waals surface area contributed by atoms with E-state index in [0.29, 0.717) is 11.9 Å². The van der Waals surface area contributed by atoms with Crippen LogP contribution in [0.4, 0.5) is 11.5 Å². The van der Waals surface area contributed by atoms with E-state index in [9.17, 15) is 10.1 Å². The topological polar surface area (TPSA) is 80.1 Å². The Morgan fingerprint density at radius 2 is 2.25 bits per heavy atom. The summed E-state index contributed by atoms with van der Waals surface area (Å²) in [4.78, 5) is 13.9. The number of nitrogens with one attached hydrogen (secondary N) is 2. The van der Waals surface area contributed by atoms with Crippen molar-refractivity contribution in [1.82, 2.24) is 10.3 Å². The van der Waals surface area contributed by atoms with Gasteiger partial charge in [0, 0.05) is 25.2 Å². The van der Waals surface area contributed by atoms with E-state index in [1.54, 1.807) is 6.07 Å². The van der Waals surface area contributed by atoms with Crippen molar-refractivity contribution in [2.45, 2.75) is 18.9 Å². The van der Waals surface area contributed by atoms with Crippen molar-refractivity contribution in [2.75, 3.05) is 18.4 Å². The molecule has 1 fully saturated rings. The minimum Gasteiger partial charge on any atom is -0.369 e. The van der Waals surface area contributed by atoms with Gasteiger partial charge in [-0.15, -0.1) is 0 Å². The molecule has 1 heterocycles. The Balaban J connectivity index is 1.73. The van der Waals surface area contributed by atoms with Crippen LogP contribution in [0.5, 0.6) is 0 Å². The van der Waals surface area contributed by atoms with Crippen LogP contribution in [0.2, 0.25) is 0 Å². The number of nitro groups is 1. The fraction of sp³-hybridized carbons (Fsp3) is 0.500. The number of nitrogens with zero attached hydrogens (tertiary/aromatic N) is 2. The molecular weight excluding hydrogens is 208 g/mol. The quantitative estimate of drug-likeness (QED) is 0.429. The molecule has 0 unspecified atom stereocenters. The molecule has 0 bridgehead atoms. The van der Waals surface area contributed by atoms with Crippen molar-refractivity contribution in [3.8, 4) is 0 Å². The molecule has 1 saturated carbocycles. The molecule has 1 aliphatic rings. The molecule has 6 heteroatoms. The Hall–Kier alpha value is -1.69. The van der Waals surface area contributed by atoms with Crippen LogP contribution in [0.1, 0.15) is 12.8 Å². The molecule has 1 aromatic heterocycles. The van der Waals surface area contributed by atoms with Crippen LogP contribution in [0, 0.1) is 10.1 Å². The molecule has 1 aliphatic carbocycles. The van der Waals surface area contributed by atoms with Gasteiger partial charge < -0.3 is 10.6 Å². The van der Waals surface area contributed by atoms with Crippen molar-refractivity contribution in [2.24, 2.45) is 0 Å². The van der Waals surface area contributed by atoms with Gasteiger partial charge in [-0.05, 0) is 18.9 Å². The van der Waals surface area contributed by atoms with Crippen LogP contribution < -0.4 is 10.6 Å². The second-order valence-electron chi connectivity index (χ2n) is 3.81. The normalized spacial score (nSPS) is 14.8. The average Bonchev–Trinajstić information content (AvgIpc) is 3.09. The maximum atomic E-state index is 10.4. The highest BCUT2D eigenvalue weighted by Gasteiger charge is 2.19. The zero-order valence-electron chi connectivity index (χ0n) is 8.85. The summed E-state index contributed by atoms with van der Waals surface area (Å²) in [5.41, 5.74) is 0.0154. The first-order valence-electron chi connectivity index (χ1n) is 5.33. The van der Waals surface area contributed by atoms with Gasteiger partial charge in [-0.3, -0.25) is 10.1 Å². The first kappa shape index (κ1) is 10.8. The second kappa shape index (κ2) is 4.89. The van der Waals surface area contributed by atoms with Gasteiger partial charge in [-0.2, -0.15) is 0 Å². The molecule has 2 N–H and O–H groups in total. The fourth-order valence-corrected chi connectivity index (χ4v) is 1.35. The van der Waals surface area contributed by atoms with Crippen LogP contribution in [-0.4, -0.2) is 29.0 Å². The highest BCUT2D eigenvalue weighted by Crippen LogP contribution is 2.18. The molecule has 0 spiro atoms. The van der Waals surface area contributed by atoms with Gasteiger partial charge in [0.05, 0.1) is 4.92 Å². The van der Waals surface area contributed by atoms with Gasteiger partial charge in [0.25, 0.3) is 5.69 Å². The lowest BCUT2D eigenvalue weighted by Crippen LogP contribution is -2.24. The van der Waals surface area contributed by atoms with Crippen LogP contribution in [0.25, 0.3) is 0 Å². The predicted octanol–water partition coefficient (Wildman–Crippen LogP) is 1.15. The van der Waals surface area contributed by atoms with Crippen molar-refractivity contribution >= 4 is 11.5 Å². The highest BCUT2D eigenvalue weighted by atomic mass is 16.6. The molecule has 0 amide bonds. The monoisotopic (exact) mass is 222 g/mol. The number of pyridine rings is 1. The lowest BCUT2D eigenvalue weighted by Gasteiger charge is -2.05. The molecule has 86 valence electrons. The largest absolute Gasteiger partial charge is 0.369 e. The Labute approximate surface area is 93.2 Å². The summed E-state index contributed by atoms with van der Waals surface area (Å²) in [5, 5.41) is 16.8. The van der Waals surface area contributed by atoms with Crippen LogP contribution in [0.3, 0.4) is 0 Å². The van der Waals surface area contributed by atoms with E-state index in [1.165, 1.54) is 25.1 Å². The lowest BCUT2D eigenvalue weighted by atomic mass is 10.4. The standard InChI is InChI=1S/C10H14N4O2/c15-14(16)9-3-4-10(13-7-9)12-6-5-11-8-1-2-8/h3-4,7-8,11H,1-2,5-6H2,(H,12,13). The number of rotatable bonds is 6. The third kappa shape index (κ3) is 3.16. The molecule has 6 nitrogen and oxygen atoms in total. The van der Waals surface area contributed by atoms with Gasteiger partial charge in [0.1, 0.15) is 12.0 Å². The summed E-state index contributed by atoms with van der Waals surface area (Å²) in [6.45, 7) is 1.67. The number of aromatic nitrogens is 1. The minimum atomic E-state index is -0.453. The van der Waals surface area contributed by atoms with E-state index in [-0.39, 0.29) is 5.69 Å². The minimum absolute atomic E-state index is 0.0154. The molecule has 0 aliphatic heterocycles. The third-order valence-corrected chi connectivity index (χ3v) is 2.40. The van der Waals surface area contributed by atoms with E-state index < -0.39 is 4.92 Å². The summed E-state index contributed by atoms with van der Waals surface area (Å²) in [6, 6.07) is 3.77. The van der Waals surface area contributed by atoms with E-state index in [4.69, 9.17) is 0 Å². The zero-order valence-corrected chi connectivity index (χ0v) is 8.85. The summed E-state index contributed by atoms with van der Waals surface area (Å²) >= 11 is 0. The highest BCUT2D eigenvalue weighted by molar-refractivity contribution is 5.39. The first-order valence-corrected chi connectivity index (χ1v) is 5.33. The lowest BCUT2D eigenvalue weighted by molar-refractivity contribution is -0.385. The molecule has 2 rings (SSSR count). The molecule has 1 aromatic rings. The zero-order chi connectivity index (χ0) is 11.4. The van der Waals surface area contributed by atoms with Crippen molar-refractivity contribution < 1.29 is 4.92 Å². The summed E-state index contributed by atoms with van der Waals surface area (Å²) in [7, 11) is 0. The Kier molecular flexibility index (Phi) is 3.31. The van der Waals surface area contributed by atoms with Crippen LogP contribution in [-0.2, 0) is 0 Å². The van der Waals surface area contributed by atoms with E-state index in [2.05, 4.69) is 15.6 Å². The number of hydrogen-bond donors (Lipinski definition) is 2. The van der Waals surface area contributed by atoms with Crippen LogP contribution >= 0.6 is 0 Å². The summed E-state index contributed by atoms with van der Waals surface area (Å²) < 4.78 is 0. The summed E-state index contributed by atoms with van der Waals surface area (Å²) in [5.74, 6) is 0.670. The predicted molar refractivity (Wildman–Crippen MR) is 60.4 cm³/mol. The maximum absolute atomic E-state index is 10.4. The van der Waals surface area contributed by atoms with Gasteiger partial charge in [0.2, 0.25) is 0 Å². The first-order chi connectivity index (χ1) is 7.75. The SMILES string of the molecule is O=[N+]([O-])c1ccc(NCCNC2CC2)nc1. The molecule has 16 heavy (non-hydrogen) atoms. The Bertz CT molecular complexity index is 362. The second-order valence-corrected chi connectivity index (χ2v) is 3.81. The molecule has 0 aromatic carbocycles. The van der Waals surface area contributed by atoms with E-state index in [1.807, 2.05) is 0 Å². The Morgan fingerprint density at radius 1 is 1.44 bits per heavy atom. The van der Waals surface area contributed by atoms with Gasteiger partial charge in [0.15, 0.2) is 0 Å². The summed E-state index contributed by atoms with van der Waals surface area (Å²) in [6.07, 6.45) is 3.81. The smallest absolute Gasteiger partial charge is 0.287 e. The molecule has 0 atom stereocenters. The van der Waals surface area contributed by atoms with Crippen molar-refractivity contribution in [3.63, 3.8) is 0 Å². The van der Waals surface area contributed by atoms with Crippen molar-refractivity contribution in [1.29, 1.82) is 0 Å². The number of anilines is 1. The van der Waals surface area contributed by atoms with E-state index >= 15 is 0 Å². The van der Waals surface area contributed by atoms with Crippen molar-refractivity contribution in [3.05, 3.63) is 28.4 Å². The van der Waals surface area contributed by atoms with E-state index in [0.717, 1.165) is 13.1 Å². The van der Waals surface area contributed by atoms with Crippen LogP contribution in [0.15, 0.2) is 18.3 Å². The Morgan fingerprint density at radius 3 is 2.81 bits per heavy atom. The fourth-order valence-electron chi connectivity index (χ4n) is 1.35. The van der Waals surface area contributed by atoms with Gasteiger partial charge in [-0.25, -0.2) is 4.98 Å². The average molecular weight is 222 g/mol. The molecular formula is C10H14N4O2. The molecule has 0 radical (unpaired) electrons. The molecule has 0 saturated heterocycles.